The summed E-state index contributed by atoms with van der Waals surface area (Å²) < 4.78 is 16.5. The molecule has 0 bridgehead atoms. The van der Waals surface area contributed by atoms with Crippen molar-refractivity contribution in [2.75, 3.05) is 24.4 Å². The number of nitrogens with one attached hydrogen (secondary N) is 3. The molecule has 0 fully saturated rings. The average Bonchev–Trinajstić information content (AvgIpc) is 3.59. The highest BCUT2D eigenvalue weighted by atomic mass is 32.2. The Balaban J connectivity index is 2.94. The Morgan fingerprint density at radius 3 is 2.39 bits per heavy atom. The van der Waals surface area contributed by atoms with Crippen LogP contribution in [-0.2, 0) is 39.9 Å². The summed E-state index contributed by atoms with van der Waals surface area (Å²) in [6, 6.07) is -0.291. The van der Waals surface area contributed by atoms with Crippen molar-refractivity contribution in [3.63, 3.8) is 0 Å². The Morgan fingerprint density at radius 1 is 1.04 bits per heavy atom. The molecule has 0 saturated carbocycles. The first-order valence-corrected chi connectivity index (χ1v) is 26.2. The number of aromatic nitrogens is 1. The van der Waals surface area contributed by atoms with E-state index in [0.717, 1.165) is 43.1 Å². The van der Waals surface area contributed by atoms with E-state index in [1.165, 1.54) is 41.4 Å². The summed E-state index contributed by atoms with van der Waals surface area (Å²) in [4.78, 5) is 81.3. The number of carbonyl (C=O) groups excluding carboxylic acids is 6. The minimum atomic E-state index is -1.44. The lowest BCUT2D eigenvalue weighted by atomic mass is 10.1. The number of carbonyl (C=O) groups is 6. The summed E-state index contributed by atoms with van der Waals surface area (Å²) in [7, 11) is -1.44. The van der Waals surface area contributed by atoms with Crippen LogP contribution in [-0.4, -0.2) is 90.1 Å². The predicted octanol–water partition coefficient (Wildman–Crippen LogP) is 7.79. The number of rotatable bonds is 26. The van der Waals surface area contributed by atoms with Gasteiger partial charge in [-0.3, -0.25) is 19.2 Å². The van der Waals surface area contributed by atoms with Crippen LogP contribution in [0.3, 0.4) is 0 Å². The lowest BCUT2D eigenvalue weighted by molar-refractivity contribution is -0.155. The van der Waals surface area contributed by atoms with Crippen LogP contribution < -0.4 is 16.0 Å². The molecule has 1 rings (SSSR count). The van der Waals surface area contributed by atoms with E-state index >= 15 is 0 Å². The van der Waals surface area contributed by atoms with Crippen molar-refractivity contribution in [3.8, 4) is 0 Å². The quantitative estimate of drug-likeness (QED) is 0.0206. The van der Waals surface area contributed by atoms with E-state index in [1.807, 2.05) is 6.26 Å². The standard InChI is InChI=1S/C39H64N4O9S3Si/c1-10-12-13-14-15-19-34(45)54-22-17-16-18-28(25-33(44)50-21-24-56(7,8)9)51-37(48)30(20-23-53-6)43-35(46)29(11-2)42-36(47)31-27-55-32(41-31)26-40-38(49)52-39(3,4)5/h11,16,18,27-28,30H,10,12-15,17,19-26H2,1-9H3,(H,40,49)(H,42,47)(H,43,46)/t28-,30+/m1/s1. The maximum absolute atomic E-state index is 13.6. The van der Waals surface area contributed by atoms with Crippen LogP contribution in [0.5, 0.6) is 0 Å². The highest BCUT2D eigenvalue weighted by Gasteiger charge is 2.28. The van der Waals surface area contributed by atoms with Gasteiger partial charge in [-0.2, -0.15) is 11.8 Å². The zero-order valence-electron chi connectivity index (χ0n) is 34.7. The Morgan fingerprint density at radius 2 is 1.75 bits per heavy atom. The third kappa shape index (κ3) is 24.5. The minimum absolute atomic E-state index is 0.0398. The fraction of sp³-hybridized carbons (Fsp3) is 0.667. The number of thioether (sulfide) groups is 2. The van der Waals surface area contributed by atoms with Gasteiger partial charge in [0, 0.05) is 25.6 Å². The second-order valence-electron chi connectivity index (χ2n) is 15.3. The average molecular weight is 857 g/mol. The summed E-state index contributed by atoms with van der Waals surface area (Å²) in [6.45, 7) is 15.8. The Hall–Kier alpha value is -3.15. The molecule has 0 spiro atoms. The van der Waals surface area contributed by atoms with Crippen LogP contribution in [0.25, 0.3) is 0 Å². The monoisotopic (exact) mass is 856 g/mol. The summed E-state index contributed by atoms with van der Waals surface area (Å²) in [5, 5.41) is 9.92. The van der Waals surface area contributed by atoms with Gasteiger partial charge in [0.25, 0.3) is 11.8 Å². The van der Waals surface area contributed by atoms with Gasteiger partial charge in [-0.25, -0.2) is 14.6 Å². The molecule has 0 unspecified atom stereocenters. The first kappa shape index (κ1) is 50.9. The lowest BCUT2D eigenvalue weighted by Crippen LogP contribution is -2.46. The summed E-state index contributed by atoms with van der Waals surface area (Å²) >= 11 is 3.91. The maximum Gasteiger partial charge on any atom is 0.408 e. The van der Waals surface area contributed by atoms with Crippen molar-refractivity contribution in [2.45, 2.75) is 142 Å². The van der Waals surface area contributed by atoms with Gasteiger partial charge < -0.3 is 30.2 Å². The van der Waals surface area contributed by atoms with E-state index in [9.17, 15) is 28.8 Å². The van der Waals surface area contributed by atoms with Gasteiger partial charge in [0.1, 0.15) is 34.1 Å². The van der Waals surface area contributed by atoms with Gasteiger partial charge in [-0.05, 0) is 71.1 Å². The number of esters is 2. The largest absolute Gasteiger partial charge is 0.466 e. The maximum atomic E-state index is 13.6. The molecule has 17 heteroatoms. The number of ether oxygens (including phenoxy) is 3. The fourth-order valence-electron chi connectivity index (χ4n) is 4.63. The van der Waals surface area contributed by atoms with Gasteiger partial charge in [-0.1, -0.05) is 76.2 Å². The number of hydrogen-bond acceptors (Lipinski definition) is 13. The number of hydrogen-bond donors (Lipinski definition) is 3. The van der Waals surface area contributed by atoms with Gasteiger partial charge in [0.15, 0.2) is 5.12 Å². The second kappa shape index (κ2) is 27.5. The Kier molecular flexibility index (Phi) is 25.0. The van der Waals surface area contributed by atoms with Crippen molar-refractivity contribution < 1.29 is 43.0 Å². The van der Waals surface area contributed by atoms with Gasteiger partial charge in [-0.15, -0.1) is 11.3 Å². The molecule has 1 aromatic heterocycles. The van der Waals surface area contributed by atoms with Crippen LogP contribution in [0.4, 0.5) is 4.79 Å². The normalized spacial score (nSPS) is 13.1. The minimum Gasteiger partial charge on any atom is -0.466 e. The van der Waals surface area contributed by atoms with E-state index < -0.39 is 55.7 Å². The van der Waals surface area contributed by atoms with Gasteiger partial charge >= 0.3 is 18.0 Å². The molecule has 0 aliphatic carbocycles. The Labute approximate surface area is 347 Å². The summed E-state index contributed by atoms with van der Waals surface area (Å²) in [5.41, 5.74) is -0.729. The van der Waals surface area contributed by atoms with Gasteiger partial charge in [0.05, 0.1) is 19.6 Å². The van der Waals surface area contributed by atoms with E-state index in [2.05, 4.69) is 47.5 Å². The molecule has 1 heterocycles. The number of alkyl carbamates (subject to hydrolysis) is 1. The molecule has 0 saturated heterocycles. The van der Waals surface area contributed by atoms with Crippen LogP contribution >= 0.6 is 34.9 Å². The van der Waals surface area contributed by atoms with Crippen LogP contribution in [0.15, 0.2) is 29.3 Å². The molecule has 0 aliphatic rings. The molecule has 0 aliphatic heterocycles. The highest BCUT2D eigenvalue weighted by molar-refractivity contribution is 8.13. The zero-order valence-corrected chi connectivity index (χ0v) is 38.2. The SMILES string of the molecule is CC=C(NC(=O)c1csc(CNC(=O)OC(C)(C)C)n1)C(=O)N[C@@H](CCSC)C(=O)O[C@H](C=CCCSC(=O)CCCCCCC)CC(=O)OCC[Si](C)(C)C. The molecule has 3 N–H and O–H groups in total. The summed E-state index contributed by atoms with van der Waals surface area (Å²) in [6.07, 6.45) is 11.6. The molecule has 13 nitrogen and oxygen atoms in total. The van der Waals surface area contributed by atoms with Crippen LogP contribution in [0.2, 0.25) is 25.7 Å². The first-order chi connectivity index (χ1) is 26.4. The van der Waals surface area contributed by atoms with E-state index in [1.54, 1.807) is 39.8 Å². The molecular formula is C39H64N4O9S3Si. The molecule has 316 valence electrons. The molecule has 0 aromatic carbocycles. The fourth-order valence-corrected chi connectivity index (χ4v) is 7.30. The number of allylic oxidation sites excluding steroid dienone is 2. The van der Waals surface area contributed by atoms with Crippen molar-refractivity contribution in [3.05, 3.63) is 40.0 Å². The van der Waals surface area contributed by atoms with E-state index in [0.29, 0.717) is 29.4 Å². The topological polar surface area (TPSA) is 179 Å². The second-order valence-corrected chi connectivity index (χ2v) is 24.0. The van der Waals surface area contributed by atoms with E-state index in [4.69, 9.17) is 14.2 Å². The molecule has 0 radical (unpaired) electrons. The molecular weight excluding hydrogens is 793 g/mol. The lowest BCUT2D eigenvalue weighted by Gasteiger charge is -2.22. The van der Waals surface area contributed by atoms with Crippen molar-refractivity contribution in [1.29, 1.82) is 0 Å². The third-order valence-electron chi connectivity index (χ3n) is 7.68. The number of thiazole rings is 1. The molecule has 3 amide bonds. The van der Waals surface area contributed by atoms with Gasteiger partial charge in [0.2, 0.25) is 0 Å². The number of nitrogens with zero attached hydrogens (tertiary/aromatic N) is 1. The van der Waals surface area contributed by atoms with E-state index in [-0.39, 0.29) is 42.5 Å². The number of amides is 3. The van der Waals surface area contributed by atoms with Crippen molar-refractivity contribution >= 4 is 77.9 Å². The zero-order chi connectivity index (χ0) is 42.1. The summed E-state index contributed by atoms with van der Waals surface area (Å²) in [5.74, 6) is -1.54. The predicted molar refractivity (Wildman–Crippen MR) is 230 cm³/mol. The first-order valence-electron chi connectivity index (χ1n) is 19.2. The molecule has 2 atom stereocenters. The van der Waals surface area contributed by atoms with Crippen LogP contribution in [0.1, 0.15) is 108 Å². The smallest absolute Gasteiger partial charge is 0.408 e. The molecule has 56 heavy (non-hydrogen) atoms. The van der Waals surface area contributed by atoms with Crippen molar-refractivity contribution in [1.82, 2.24) is 20.9 Å². The third-order valence-corrected chi connectivity index (χ3v) is 11.8. The molecule has 1 aromatic rings. The van der Waals surface area contributed by atoms with Crippen LogP contribution in [0, 0.1) is 0 Å². The van der Waals surface area contributed by atoms with Crippen molar-refractivity contribution in [2.24, 2.45) is 0 Å². The highest BCUT2D eigenvalue weighted by Crippen LogP contribution is 2.16. The number of unbranched alkanes of at least 4 members (excludes halogenated alkanes) is 4. The Bertz CT molecular complexity index is 1470.